The largest absolute Gasteiger partial charge is 0.309 e. The second-order valence-corrected chi connectivity index (χ2v) is 26.1. The minimum absolute atomic E-state index is 0.874. The fourth-order valence-electron chi connectivity index (χ4n) is 15.9. The van der Waals surface area contributed by atoms with E-state index in [2.05, 4.69) is 257 Å². The summed E-state index contributed by atoms with van der Waals surface area (Å²) in [6, 6.07) is 108. The molecule has 0 saturated carbocycles. The lowest BCUT2D eigenvalue weighted by Gasteiger charge is -2.15. The summed E-state index contributed by atoms with van der Waals surface area (Å²) in [5, 5.41) is 17.6. The van der Waals surface area contributed by atoms with E-state index >= 15 is 0 Å². The molecule has 3 aliphatic rings. The van der Waals surface area contributed by atoms with E-state index in [0.29, 0.717) is 0 Å². The van der Waals surface area contributed by atoms with Gasteiger partial charge in [-0.15, -0.1) is 0 Å². The number of benzene rings is 16. The van der Waals surface area contributed by atoms with Crippen LogP contribution >= 0.6 is 15.9 Å². The highest BCUT2D eigenvalue weighted by Crippen LogP contribution is 2.57. The Hall–Kier alpha value is -12.0. The molecular formula is C89H52BrN5. The summed E-state index contributed by atoms with van der Waals surface area (Å²) in [4.78, 5) is 20.3. The van der Waals surface area contributed by atoms with Gasteiger partial charge in [0.1, 0.15) is 0 Å². The number of halogens is 1. The van der Waals surface area contributed by atoms with Crippen molar-refractivity contribution in [2.45, 2.75) is 6.42 Å². The van der Waals surface area contributed by atoms with Crippen LogP contribution in [0.4, 0.5) is 0 Å². The summed E-state index contributed by atoms with van der Waals surface area (Å²) in [6.07, 6.45) is 1.06. The first-order valence-electron chi connectivity index (χ1n) is 32.4. The Kier molecular flexibility index (Phi) is 11.9. The van der Waals surface area contributed by atoms with Crippen molar-refractivity contribution in [3.63, 3.8) is 0 Å². The zero-order chi connectivity index (χ0) is 62.4. The lowest BCUT2D eigenvalue weighted by molar-refractivity contribution is 1.14. The molecule has 22 rings (SSSR count). The molecule has 0 saturated heterocycles. The molecule has 0 N–H and O–H groups in total. The van der Waals surface area contributed by atoms with Crippen LogP contribution in [-0.2, 0) is 6.42 Å². The van der Waals surface area contributed by atoms with Gasteiger partial charge in [-0.3, -0.25) is 0 Å². The molecule has 0 radical (unpaired) electrons. The van der Waals surface area contributed by atoms with E-state index in [1.807, 2.05) is 66.7 Å². The van der Waals surface area contributed by atoms with Crippen LogP contribution in [0.15, 0.2) is 308 Å². The van der Waals surface area contributed by atoms with Crippen LogP contribution in [0, 0.1) is 0 Å². The summed E-state index contributed by atoms with van der Waals surface area (Å²) in [6.45, 7) is 0. The number of rotatable bonds is 5. The first kappa shape index (κ1) is 53.7. The van der Waals surface area contributed by atoms with Crippen LogP contribution in [0.3, 0.4) is 0 Å². The molecule has 3 heterocycles. The zero-order valence-corrected chi connectivity index (χ0v) is 52.8. The van der Waals surface area contributed by atoms with E-state index in [4.69, 9.17) is 19.9 Å². The number of nitrogens with zero attached hydrogens (tertiary/aromatic N) is 5. The van der Waals surface area contributed by atoms with Gasteiger partial charge in [0.05, 0.1) is 56.1 Å². The number of aromatic nitrogens is 5. The van der Waals surface area contributed by atoms with Crippen LogP contribution < -0.4 is 0 Å². The summed E-state index contributed by atoms with van der Waals surface area (Å²) >= 11 is 3.51. The van der Waals surface area contributed by atoms with Crippen LogP contribution in [0.2, 0.25) is 0 Å². The molecule has 440 valence electrons. The number of hydrogen-bond donors (Lipinski definition) is 0. The molecule has 3 aromatic heterocycles. The van der Waals surface area contributed by atoms with E-state index in [1.165, 1.54) is 131 Å². The van der Waals surface area contributed by atoms with Gasteiger partial charge >= 0.3 is 0 Å². The summed E-state index contributed by atoms with van der Waals surface area (Å²) in [7, 11) is 0. The molecule has 0 unspecified atom stereocenters. The molecule has 95 heavy (non-hydrogen) atoms. The van der Waals surface area contributed by atoms with Crippen molar-refractivity contribution >= 4 is 125 Å². The Morgan fingerprint density at radius 3 is 1.34 bits per heavy atom. The monoisotopic (exact) mass is 1270 g/mol. The third kappa shape index (κ3) is 8.27. The molecule has 0 spiro atoms. The van der Waals surface area contributed by atoms with Crippen molar-refractivity contribution < 1.29 is 0 Å². The smallest absolute Gasteiger partial charge is 0.0973 e. The molecule has 0 aliphatic heterocycles. The summed E-state index contributed by atoms with van der Waals surface area (Å²) in [5.74, 6) is 0. The van der Waals surface area contributed by atoms with Gasteiger partial charge in [-0.05, 0) is 159 Å². The number of allylic oxidation sites excluding steroid dienone is 1. The van der Waals surface area contributed by atoms with Crippen molar-refractivity contribution in [2.75, 3.05) is 0 Å². The lowest BCUT2D eigenvalue weighted by atomic mass is 9.88. The van der Waals surface area contributed by atoms with Crippen molar-refractivity contribution in [1.82, 2.24) is 24.5 Å². The lowest BCUT2D eigenvalue weighted by Crippen LogP contribution is -1.99. The molecular weight excluding hydrogens is 1220 g/mol. The predicted molar refractivity (Wildman–Crippen MR) is 400 cm³/mol. The molecule has 19 aromatic rings. The van der Waals surface area contributed by atoms with Crippen LogP contribution in [-0.4, -0.2) is 24.5 Å². The highest BCUT2D eigenvalue weighted by molar-refractivity contribution is 9.10. The van der Waals surface area contributed by atoms with Crippen LogP contribution in [0.5, 0.6) is 0 Å². The normalized spacial score (nSPS) is 12.6. The molecule has 5 nitrogen and oxygen atoms in total. The Bertz CT molecular complexity index is 6420. The van der Waals surface area contributed by atoms with E-state index < -0.39 is 0 Å². The average Bonchev–Trinajstić information content (AvgIpc) is 1.57. The molecule has 6 heteroatoms. The first-order chi connectivity index (χ1) is 47.0. The first-order valence-corrected chi connectivity index (χ1v) is 33.2. The average molecular weight is 1270 g/mol. The highest BCUT2D eigenvalue weighted by Gasteiger charge is 2.34. The SMILES string of the molecule is Brc1ccc2nc(-c3ccccc3)c(-c3ccccc3)nc2c1.c1ccc(-c2nc3ccc(-n4c5c(c6ccccc64)-c4cc6cccc7ccc8ccc-5c4c8c76)cc3nc2-c2ccccc2)cc1.c1ccc2c(c1)CC1=C2c2cc3cccc4ccc5ccc1c2c5c43. The fourth-order valence-corrected chi connectivity index (χ4v) is 16.2. The maximum Gasteiger partial charge on any atom is 0.0973 e. The van der Waals surface area contributed by atoms with Crippen molar-refractivity contribution in [2.24, 2.45) is 0 Å². The van der Waals surface area contributed by atoms with Crippen molar-refractivity contribution in [3.8, 4) is 73.1 Å². The second kappa shape index (κ2) is 21.0. The van der Waals surface area contributed by atoms with Gasteiger partial charge in [-0.1, -0.05) is 265 Å². The topological polar surface area (TPSA) is 56.5 Å². The van der Waals surface area contributed by atoms with Gasteiger partial charge in [0.2, 0.25) is 0 Å². The number of para-hydroxylation sites is 1. The standard InChI is InChI=1S/C44H25N3.C25H14.C20H13BrN2/c1-3-10-28(11-4-1)42-43(29-12-5-2-6-13-29)46-36-25-31(21-23-35(36)45-42)47-37-17-8-7-16-32(37)41-34-24-30-15-9-14-26-18-19-27-20-22-33(44(41)47)40(34)39(27)38(26)30;1-2-7-18-16(4-1)12-20-19-11-10-15-9-8-14-5-3-6-17-13-21(24(18)20)25(19)23(15)22(14)17;21-16-11-12-17-18(13-16)23-20(15-9-5-2-6-10-15)19(22-17)14-7-3-1-4-8-14/h1-25H;1-11,13H,12H2;1-13H. The summed E-state index contributed by atoms with van der Waals surface area (Å²) in [5.41, 5.74) is 27.6. The molecule has 0 amide bonds. The molecule has 16 aromatic carbocycles. The van der Waals surface area contributed by atoms with Gasteiger partial charge in [0, 0.05) is 54.3 Å². The second-order valence-electron chi connectivity index (χ2n) is 25.2. The third-order valence-electron chi connectivity index (χ3n) is 19.9. The Labute approximate surface area is 555 Å². The summed E-state index contributed by atoms with van der Waals surface area (Å²) < 4.78 is 3.45. The quantitative estimate of drug-likeness (QED) is 0.161. The van der Waals surface area contributed by atoms with E-state index in [9.17, 15) is 0 Å². The van der Waals surface area contributed by atoms with Gasteiger partial charge in [-0.2, -0.15) is 0 Å². The molecule has 3 aliphatic carbocycles. The zero-order valence-electron chi connectivity index (χ0n) is 51.2. The number of hydrogen-bond acceptors (Lipinski definition) is 4. The van der Waals surface area contributed by atoms with Gasteiger partial charge < -0.3 is 4.57 Å². The maximum absolute atomic E-state index is 5.33. The van der Waals surface area contributed by atoms with Gasteiger partial charge in [-0.25, -0.2) is 19.9 Å². The van der Waals surface area contributed by atoms with E-state index in [-0.39, 0.29) is 0 Å². The van der Waals surface area contributed by atoms with E-state index in [1.54, 1.807) is 0 Å². The maximum atomic E-state index is 5.33. The molecule has 0 fully saturated rings. The third-order valence-corrected chi connectivity index (χ3v) is 20.4. The van der Waals surface area contributed by atoms with Crippen LogP contribution in [0.1, 0.15) is 22.3 Å². The van der Waals surface area contributed by atoms with E-state index in [0.717, 1.165) is 83.7 Å². The van der Waals surface area contributed by atoms with Gasteiger partial charge in [0.15, 0.2) is 0 Å². The Morgan fingerprint density at radius 2 is 0.747 bits per heavy atom. The molecule has 0 atom stereocenters. The highest BCUT2D eigenvalue weighted by atomic mass is 79.9. The van der Waals surface area contributed by atoms with Crippen molar-refractivity contribution in [1.29, 1.82) is 0 Å². The Balaban J connectivity index is 0.000000108. The Morgan fingerprint density at radius 1 is 0.295 bits per heavy atom. The molecule has 0 bridgehead atoms. The minimum Gasteiger partial charge on any atom is -0.309 e. The van der Waals surface area contributed by atoms with Gasteiger partial charge in [0.25, 0.3) is 0 Å². The van der Waals surface area contributed by atoms with Crippen LogP contribution in [0.25, 0.3) is 182 Å². The van der Waals surface area contributed by atoms with Crippen molar-refractivity contribution in [3.05, 3.63) is 330 Å². The minimum atomic E-state index is 0.874. The number of fused-ring (bicyclic) bond motifs is 11. The predicted octanol–water partition coefficient (Wildman–Crippen LogP) is 23.6. The fraction of sp³-hybridized carbons (Fsp3) is 0.0112.